The molecule has 3 aromatic rings. The molecule has 0 spiro atoms. The third-order valence-corrected chi connectivity index (χ3v) is 6.80. The van der Waals surface area contributed by atoms with E-state index in [1.54, 1.807) is 7.11 Å². The summed E-state index contributed by atoms with van der Waals surface area (Å²) in [6.07, 6.45) is -0.684. The van der Waals surface area contributed by atoms with Crippen molar-refractivity contribution in [1.29, 1.82) is 10.5 Å². The van der Waals surface area contributed by atoms with E-state index in [0.29, 0.717) is 17.5 Å². The van der Waals surface area contributed by atoms with Crippen LogP contribution in [0.2, 0.25) is 0 Å². The summed E-state index contributed by atoms with van der Waals surface area (Å²) in [5.41, 5.74) is 3.83. The predicted octanol–water partition coefficient (Wildman–Crippen LogP) is 5.85. The highest BCUT2D eigenvalue weighted by Crippen LogP contribution is 2.41. The van der Waals surface area contributed by atoms with E-state index in [2.05, 4.69) is 75.8 Å². The number of rotatable bonds is 3. The minimum Gasteiger partial charge on any atom is -0.342 e. The summed E-state index contributed by atoms with van der Waals surface area (Å²) in [6, 6.07) is 20.3. The van der Waals surface area contributed by atoms with Gasteiger partial charge in [0.25, 0.3) is 0 Å². The minimum atomic E-state index is -0.684. The third kappa shape index (κ3) is 4.52. The summed E-state index contributed by atoms with van der Waals surface area (Å²) >= 11 is 0. The molecular weight excluding hydrogens is 488 g/mol. The first-order valence-corrected chi connectivity index (χ1v) is 12.7. The molecule has 3 heterocycles. The second-order valence-electron chi connectivity index (χ2n) is 11.5. The van der Waals surface area contributed by atoms with Gasteiger partial charge in [0, 0.05) is 18.5 Å². The first-order valence-electron chi connectivity index (χ1n) is 12.7. The lowest BCUT2D eigenvalue weighted by molar-refractivity contribution is 0.121. The number of benzene rings is 2. The van der Waals surface area contributed by atoms with Gasteiger partial charge in [-0.3, -0.25) is 9.80 Å². The maximum atomic E-state index is 9.66. The van der Waals surface area contributed by atoms with Crippen LogP contribution in [0.1, 0.15) is 64.1 Å². The molecule has 9 nitrogen and oxygen atoms in total. The molecule has 0 N–H and O–H groups in total. The Labute approximate surface area is 228 Å². The van der Waals surface area contributed by atoms with Crippen molar-refractivity contribution in [2.24, 2.45) is 9.98 Å². The van der Waals surface area contributed by atoms with E-state index in [9.17, 15) is 10.5 Å². The third-order valence-electron chi connectivity index (χ3n) is 6.80. The van der Waals surface area contributed by atoms with Crippen molar-refractivity contribution >= 4 is 34.7 Å². The van der Waals surface area contributed by atoms with Crippen molar-refractivity contribution in [2.75, 3.05) is 16.9 Å². The molecule has 0 fully saturated rings. The van der Waals surface area contributed by atoms with Crippen LogP contribution < -0.4 is 9.80 Å². The highest BCUT2D eigenvalue weighted by atomic mass is 16.5. The number of anilines is 3. The molecule has 0 aliphatic carbocycles. The summed E-state index contributed by atoms with van der Waals surface area (Å²) in [4.78, 5) is 22.3. The number of hydrogen-bond acceptors (Lipinski definition) is 9. The predicted molar refractivity (Wildman–Crippen MR) is 152 cm³/mol. The number of amidine groups is 2. The Kier molecular flexibility index (Phi) is 6.21. The van der Waals surface area contributed by atoms with Gasteiger partial charge in [-0.25, -0.2) is 20.0 Å². The lowest BCUT2D eigenvalue weighted by atomic mass is 9.87. The van der Waals surface area contributed by atoms with Crippen molar-refractivity contribution in [1.82, 2.24) is 9.97 Å². The van der Waals surface area contributed by atoms with Crippen LogP contribution in [0.4, 0.5) is 23.0 Å². The standard InChI is InChI=1S/C30H30N8O/c1-29(2,3)18-8-12-20(13-9-18)37-25-24(33-22(16-31)23(17-32)34-25)35-26-27(37)36-28(39-7)38(26)21-14-10-19(11-15-21)30(4,5)6/h8-15,28H,1-7H3. The minimum absolute atomic E-state index is 0.00487. The van der Waals surface area contributed by atoms with Gasteiger partial charge in [-0.15, -0.1) is 0 Å². The van der Waals surface area contributed by atoms with Gasteiger partial charge in [-0.2, -0.15) is 10.5 Å². The van der Waals surface area contributed by atoms with E-state index < -0.39 is 6.35 Å². The second-order valence-corrected chi connectivity index (χ2v) is 11.5. The molecule has 0 bridgehead atoms. The first kappa shape index (κ1) is 26.0. The number of nitriles is 2. The molecule has 196 valence electrons. The van der Waals surface area contributed by atoms with Gasteiger partial charge in [0.15, 0.2) is 34.7 Å². The molecule has 5 rings (SSSR count). The molecule has 0 saturated carbocycles. The first-order chi connectivity index (χ1) is 18.5. The molecule has 1 aromatic heterocycles. The second kappa shape index (κ2) is 9.30. The normalized spacial score (nSPS) is 16.6. The topological polar surface area (TPSA) is 114 Å². The average molecular weight is 519 g/mol. The Morgan fingerprint density at radius 3 is 1.74 bits per heavy atom. The van der Waals surface area contributed by atoms with Crippen LogP contribution in [0.3, 0.4) is 0 Å². The molecule has 2 aromatic carbocycles. The number of hydrogen-bond donors (Lipinski definition) is 0. The molecular formula is C30H30N8O. The van der Waals surface area contributed by atoms with Gasteiger partial charge in [0.05, 0.1) is 0 Å². The maximum Gasteiger partial charge on any atom is 0.235 e. The summed E-state index contributed by atoms with van der Waals surface area (Å²) in [5.74, 6) is 1.59. The molecule has 2 aliphatic rings. The van der Waals surface area contributed by atoms with E-state index in [1.807, 2.05) is 46.2 Å². The van der Waals surface area contributed by atoms with Crippen molar-refractivity contribution in [3.63, 3.8) is 0 Å². The zero-order valence-corrected chi connectivity index (χ0v) is 23.2. The van der Waals surface area contributed by atoms with Crippen LogP contribution in [0.25, 0.3) is 0 Å². The van der Waals surface area contributed by atoms with E-state index in [4.69, 9.17) is 14.7 Å². The number of aromatic nitrogens is 2. The summed E-state index contributed by atoms with van der Waals surface area (Å²) in [7, 11) is 1.59. The van der Waals surface area contributed by atoms with Gasteiger partial charge < -0.3 is 4.74 Å². The fourth-order valence-corrected chi connectivity index (χ4v) is 4.58. The SMILES string of the molecule is COC1N=C2C(=Nc3nc(C#N)c(C#N)nc3N2c2ccc(C(C)(C)C)cc2)N1c1ccc(C(C)(C)C)cc1. The van der Waals surface area contributed by atoms with Crippen LogP contribution >= 0.6 is 0 Å². The van der Waals surface area contributed by atoms with Gasteiger partial charge >= 0.3 is 0 Å². The fraction of sp³-hybridized carbons (Fsp3) is 0.333. The van der Waals surface area contributed by atoms with E-state index in [-0.39, 0.29) is 28.0 Å². The lowest BCUT2D eigenvalue weighted by Gasteiger charge is -2.31. The molecule has 1 atom stereocenters. The van der Waals surface area contributed by atoms with Crippen molar-refractivity contribution in [3.8, 4) is 12.1 Å². The number of aliphatic imine (C=N–C) groups is 2. The highest BCUT2D eigenvalue weighted by Gasteiger charge is 2.42. The highest BCUT2D eigenvalue weighted by molar-refractivity contribution is 6.53. The number of fused-ring (bicyclic) bond motifs is 2. The van der Waals surface area contributed by atoms with Gasteiger partial charge in [-0.1, -0.05) is 65.8 Å². The van der Waals surface area contributed by atoms with Gasteiger partial charge in [0.2, 0.25) is 6.35 Å². The van der Waals surface area contributed by atoms with Crippen molar-refractivity contribution in [3.05, 3.63) is 71.0 Å². The molecule has 9 heteroatoms. The summed E-state index contributed by atoms with van der Waals surface area (Å²) < 4.78 is 5.79. The molecule has 39 heavy (non-hydrogen) atoms. The Hall–Kier alpha value is -4.60. The molecule has 2 aliphatic heterocycles. The maximum absolute atomic E-state index is 9.66. The quantitative estimate of drug-likeness (QED) is 0.427. The summed E-state index contributed by atoms with van der Waals surface area (Å²) in [5, 5.41) is 19.3. The van der Waals surface area contributed by atoms with Gasteiger partial charge in [-0.05, 0) is 46.2 Å². The van der Waals surface area contributed by atoms with Crippen molar-refractivity contribution < 1.29 is 4.74 Å². The zero-order chi connectivity index (χ0) is 28.1. The van der Waals surface area contributed by atoms with Crippen molar-refractivity contribution in [2.45, 2.75) is 58.7 Å². The van der Waals surface area contributed by atoms with Crippen LogP contribution in [-0.4, -0.2) is 35.1 Å². The summed E-state index contributed by atoms with van der Waals surface area (Å²) in [6.45, 7) is 13.0. The Bertz CT molecular complexity index is 1580. The molecule has 1 unspecified atom stereocenters. The number of nitrogens with zero attached hydrogens (tertiary/aromatic N) is 8. The fourth-order valence-electron chi connectivity index (χ4n) is 4.58. The van der Waals surface area contributed by atoms with E-state index in [0.717, 1.165) is 11.4 Å². The average Bonchev–Trinajstić information content (AvgIpc) is 3.28. The lowest BCUT2D eigenvalue weighted by Crippen LogP contribution is -2.43. The van der Waals surface area contributed by atoms with Crippen LogP contribution in [0.5, 0.6) is 0 Å². The smallest absolute Gasteiger partial charge is 0.235 e. The van der Waals surface area contributed by atoms with Crippen LogP contribution in [0.15, 0.2) is 58.5 Å². The Morgan fingerprint density at radius 1 is 0.744 bits per heavy atom. The Morgan fingerprint density at radius 2 is 1.26 bits per heavy atom. The van der Waals surface area contributed by atoms with E-state index in [1.165, 1.54) is 11.1 Å². The van der Waals surface area contributed by atoms with Crippen LogP contribution in [-0.2, 0) is 15.6 Å². The monoisotopic (exact) mass is 518 g/mol. The Balaban J connectivity index is 1.70. The van der Waals surface area contributed by atoms with E-state index >= 15 is 0 Å². The molecule has 0 saturated heterocycles. The number of ether oxygens (including phenoxy) is 1. The number of methoxy groups -OCH3 is 1. The largest absolute Gasteiger partial charge is 0.342 e. The molecule has 0 amide bonds. The van der Waals surface area contributed by atoms with Crippen LogP contribution in [0, 0.1) is 22.7 Å². The van der Waals surface area contributed by atoms with Gasteiger partial charge in [0.1, 0.15) is 12.1 Å². The molecule has 0 radical (unpaired) electrons. The zero-order valence-electron chi connectivity index (χ0n) is 23.2.